The summed E-state index contributed by atoms with van der Waals surface area (Å²) in [4.78, 5) is 2.69. The standard InChI is InChI=1S/C18H29N3O4S/c1-13-16(14(2)25-19-13)26(22,23)21-9-15-17(3,4)10-18(15,12-21)11-20-5-7-24-8-6-20/h15H,5-12H2,1-4H3/t15-,18+/m1/s1. The van der Waals surface area contributed by atoms with Crippen LogP contribution >= 0.6 is 0 Å². The predicted octanol–water partition coefficient (Wildman–Crippen LogP) is 1.66. The lowest BCUT2D eigenvalue weighted by Crippen LogP contribution is -2.59. The van der Waals surface area contributed by atoms with Gasteiger partial charge in [0.05, 0.1) is 13.2 Å². The van der Waals surface area contributed by atoms with Gasteiger partial charge in [-0.15, -0.1) is 0 Å². The van der Waals surface area contributed by atoms with Crippen LogP contribution in [0.4, 0.5) is 0 Å². The van der Waals surface area contributed by atoms with Crippen molar-refractivity contribution >= 4 is 10.0 Å². The first-order chi connectivity index (χ1) is 12.2. The van der Waals surface area contributed by atoms with Crippen molar-refractivity contribution in [1.82, 2.24) is 14.4 Å². The number of nitrogens with zero attached hydrogens (tertiary/aromatic N) is 3. The highest BCUT2D eigenvalue weighted by molar-refractivity contribution is 7.89. The molecule has 0 unspecified atom stereocenters. The van der Waals surface area contributed by atoms with Crippen molar-refractivity contribution in [2.24, 2.45) is 16.7 Å². The van der Waals surface area contributed by atoms with Crippen molar-refractivity contribution in [2.75, 3.05) is 45.9 Å². The van der Waals surface area contributed by atoms with Gasteiger partial charge in [0.1, 0.15) is 10.6 Å². The topological polar surface area (TPSA) is 75.9 Å². The quantitative estimate of drug-likeness (QED) is 0.787. The van der Waals surface area contributed by atoms with Crippen molar-refractivity contribution in [3.05, 3.63) is 11.5 Å². The van der Waals surface area contributed by atoms with Gasteiger partial charge in [0, 0.05) is 38.1 Å². The van der Waals surface area contributed by atoms with Crippen LogP contribution in [0.25, 0.3) is 0 Å². The minimum atomic E-state index is -3.58. The summed E-state index contributed by atoms with van der Waals surface area (Å²) in [6.45, 7) is 13.4. The highest BCUT2D eigenvalue weighted by Gasteiger charge is 2.64. The molecule has 0 radical (unpaired) electrons. The van der Waals surface area contributed by atoms with Crippen molar-refractivity contribution in [2.45, 2.75) is 39.0 Å². The Morgan fingerprint density at radius 1 is 1.23 bits per heavy atom. The second-order valence-electron chi connectivity index (χ2n) is 8.92. The number of aromatic nitrogens is 1. The third-order valence-corrected chi connectivity index (χ3v) is 8.63. The zero-order valence-corrected chi connectivity index (χ0v) is 16.9. The number of hydrogen-bond donors (Lipinski definition) is 0. The first-order valence-electron chi connectivity index (χ1n) is 9.39. The minimum absolute atomic E-state index is 0.0485. The molecule has 0 bridgehead atoms. The Balaban J connectivity index is 1.61. The fraction of sp³-hybridized carbons (Fsp3) is 0.833. The van der Waals surface area contributed by atoms with Gasteiger partial charge in [-0.05, 0) is 31.6 Å². The van der Waals surface area contributed by atoms with Crippen molar-refractivity contribution in [3.8, 4) is 0 Å². The summed E-state index contributed by atoms with van der Waals surface area (Å²) in [6.07, 6.45) is 1.07. The molecule has 0 N–H and O–H groups in total. The van der Waals surface area contributed by atoms with E-state index >= 15 is 0 Å². The third kappa shape index (κ3) is 2.73. The summed E-state index contributed by atoms with van der Waals surface area (Å²) in [6, 6.07) is 0. The molecule has 1 aromatic heterocycles. The molecule has 1 saturated carbocycles. The molecule has 1 aliphatic carbocycles. The summed E-state index contributed by atoms with van der Waals surface area (Å²) in [5.41, 5.74) is 0.672. The van der Waals surface area contributed by atoms with Crippen LogP contribution in [-0.2, 0) is 14.8 Å². The maximum absolute atomic E-state index is 13.3. The summed E-state index contributed by atoms with van der Waals surface area (Å²) in [5, 5.41) is 3.84. The number of aryl methyl sites for hydroxylation is 2. The van der Waals surface area contributed by atoms with E-state index < -0.39 is 10.0 Å². The van der Waals surface area contributed by atoms with Gasteiger partial charge >= 0.3 is 0 Å². The van der Waals surface area contributed by atoms with E-state index in [0.717, 1.165) is 39.3 Å². The molecule has 3 fully saturated rings. The Morgan fingerprint density at radius 3 is 2.50 bits per heavy atom. The van der Waals surface area contributed by atoms with E-state index in [0.29, 0.717) is 30.5 Å². The van der Waals surface area contributed by atoms with E-state index in [2.05, 4.69) is 23.9 Å². The van der Waals surface area contributed by atoms with Gasteiger partial charge in [-0.3, -0.25) is 4.90 Å². The number of ether oxygens (including phenoxy) is 1. The van der Waals surface area contributed by atoms with Gasteiger partial charge in [0.2, 0.25) is 10.0 Å². The van der Waals surface area contributed by atoms with Crippen molar-refractivity contribution in [3.63, 3.8) is 0 Å². The summed E-state index contributed by atoms with van der Waals surface area (Å²) >= 11 is 0. The number of hydrogen-bond acceptors (Lipinski definition) is 6. The van der Waals surface area contributed by atoms with E-state index in [4.69, 9.17) is 9.26 Å². The zero-order valence-electron chi connectivity index (χ0n) is 16.1. The first kappa shape index (κ1) is 18.4. The fourth-order valence-corrected chi connectivity index (χ4v) is 7.50. The molecule has 3 aliphatic rings. The molecule has 1 aromatic rings. The van der Waals surface area contributed by atoms with Gasteiger partial charge in [0.15, 0.2) is 5.76 Å². The lowest BCUT2D eigenvalue weighted by atomic mass is 9.48. The van der Waals surface area contributed by atoms with E-state index in [1.54, 1.807) is 18.2 Å². The first-order valence-corrected chi connectivity index (χ1v) is 10.8. The average Bonchev–Trinajstić information content (AvgIpc) is 3.07. The molecule has 2 saturated heterocycles. The van der Waals surface area contributed by atoms with E-state index in [1.165, 1.54) is 0 Å². The average molecular weight is 384 g/mol. The summed E-state index contributed by atoms with van der Waals surface area (Å²) in [7, 11) is -3.58. The van der Waals surface area contributed by atoms with E-state index in [9.17, 15) is 8.42 Å². The van der Waals surface area contributed by atoms with Crippen molar-refractivity contribution in [1.29, 1.82) is 0 Å². The van der Waals surface area contributed by atoms with Gasteiger partial charge in [0.25, 0.3) is 0 Å². The molecule has 0 spiro atoms. The van der Waals surface area contributed by atoms with E-state index in [-0.39, 0.29) is 15.7 Å². The lowest BCUT2D eigenvalue weighted by molar-refractivity contribution is -0.0965. The van der Waals surface area contributed by atoms with Crippen LogP contribution in [0.1, 0.15) is 31.7 Å². The van der Waals surface area contributed by atoms with Gasteiger partial charge in [-0.2, -0.15) is 4.31 Å². The van der Waals surface area contributed by atoms with Crippen LogP contribution in [0.2, 0.25) is 0 Å². The van der Waals surface area contributed by atoms with Crippen molar-refractivity contribution < 1.29 is 17.7 Å². The lowest BCUT2D eigenvalue weighted by Gasteiger charge is -2.58. The van der Waals surface area contributed by atoms with Crippen LogP contribution in [0.3, 0.4) is 0 Å². The highest BCUT2D eigenvalue weighted by atomic mass is 32.2. The van der Waals surface area contributed by atoms with Crippen LogP contribution in [0, 0.1) is 30.6 Å². The Labute approximate surface area is 155 Å². The molecular weight excluding hydrogens is 354 g/mol. The fourth-order valence-electron chi connectivity index (χ4n) is 5.65. The number of rotatable bonds is 4. The summed E-state index contributed by atoms with van der Waals surface area (Å²) in [5.74, 6) is 0.760. The molecule has 146 valence electrons. The second kappa shape index (κ2) is 6.02. The molecular formula is C18H29N3O4S. The van der Waals surface area contributed by atoms with Crippen LogP contribution < -0.4 is 0 Å². The Morgan fingerprint density at radius 2 is 1.92 bits per heavy atom. The zero-order chi connectivity index (χ0) is 18.7. The van der Waals surface area contributed by atoms with Gasteiger partial charge in [-0.25, -0.2) is 8.42 Å². The largest absolute Gasteiger partial charge is 0.379 e. The minimum Gasteiger partial charge on any atom is -0.379 e. The van der Waals surface area contributed by atoms with Gasteiger partial charge in [-0.1, -0.05) is 19.0 Å². The molecule has 4 rings (SSSR count). The maximum atomic E-state index is 13.3. The molecule has 0 aromatic carbocycles. The molecule has 0 amide bonds. The molecule has 8 heteroatoms. The van der Waals surface area contributed by atoms with Gasteiger partial charge < -0.3 is 9.26 Å². The number of fused-ring (bicyclic) bond motifs is 1. The number of morpholine rings is 1. The third-order valence-electron chi connectivity index (χ3n) is 6.58. The molecule has 7 nitrogen and oxygen atoms in total. The van der Waals surface area contributed by atoms with E-state index in [1.807, 2.05) is 0 Å². The monoisotopic (exact) mass is 383 g/mol. The second-order valence-corrected chi connectivity index (χ2v) is 10.8. The summed E-state index contributed by atoms with van der Waals surface area (Å²) < 4.78 is 38.9. The molecule has 2 aliphatic heterocycles. The van der Waals surface area contributed by atoms with Crippen LogP contribution in [0.5, 0.6) is 0 Å². The normalized spacial score (nSPS) is 32.4. The SMILES string of the molecule is Cc1noc(C)c1S(=O)(=O)N1C[C@@H]2C(C)(C)C[C@]2(CN2CCOCC2)C1. The Hall–Kier alpha value is -0.960. The number of sulfonamides is 1. The predicted molar refractivity (Wildman–Crippen MR) is 96.3 cm³/mol. The molecule has 26 heavy (non-hydrogen) atoms. The van der Waals surface area contributed by atoms with Crippen LogP contribution in [0.15, 0.2) is 9.42 Å². The smallest absolute Gasteiger partial charge is 0.248 e. The van der Waals surface area contributed by atoms with Crippen LogP contribution in [-0.4, -0.2) is 68.7 Å². The molecule has 3 heterocycles. The maximum Gasteiger partial charge on any atom is 0.248 e. The Bertz CT molecular complexity index is 778. The highest BCUT2D eigenvalue weighted by Crippen LogP contribution is 2.63. The Kier molecular flexibility index (Phi) is 4.26. The molecule has 2 atom stereocenters.